The van der Waals surface area contributed by atoms with E-state index in [2.05, 4.69) is 17.2 Å². The highest BCUT2D eigenvalue weighted by Gasteiger charge is 2.11. The van der Waals surface area contributed by atoms with Gasteiger partial charge in [0.25, 0.3) is 0 Å². The second kappa shape index (κ2) is 4.78. The minimum atomic E-state index is -0.684. The van der Waals surface area contributed by atoms with Gasteiger partial charge in [-0.25, -0.2) is 0 Å². The van der Waals surface area contributed by atoms with Crippen LogP contribution < -0.4 is 5.73 Å². The molecule has 0 unspecified atom stereocenters. The summed E-state index contributed by atoms with van der Waals surface area (Å²) in [5, 5.41) is -0.444. The summed E-state index contributed by atoms with van der Waals surface area (Å²) in [5.41, 5.74) is 5.16. The molecule has 2 N–H and O–H groups in total. The van der Waals surface area contributed by atoms with Crippen LogP contribution in [0.3, 0.4) is 0 Å². The highest BCUT2D eigenvalue weighted by atomic mass is 32.2. The van der Waals surface area contributed by atoms with Gasteiger partial charge in [-0.1, -0.05) is 0 Å². The Hall–Kier alpha value is -0.0700. The molecule has 0 radical (unpaired) electrons. The third-order valence-electron chi connectivity index (χ3n) is 0.627. The Morgan fingerprint density at radius 1 is 1.89 bits per heavy atom. The second-order valence-electron chi connectivity index (χ2n) is 1.27. The van der Waals surface area contributed by atoms with Gasteiger partial charge in [-0.3, -0.25) is 4.79 Å². The number of carbonyl (C=O) groups is 1. The predicted octanol–water partition coefficient (Wildman–Crippen LogP) is 0.185. The SMILES string of the molecule is N[C@@H](CS)C(=O)SN=O. The molecule has 6 heteroatoms. The molecule has 0 fully saturated rings. The zero-order chi connectivity index (χ0) is 7.28. The smallest absolute Gasteiger partial charge is 0.231 e. The van der Waals surface area contributed by atoms with Crippen molar-refractivity contribution in [2.24, 2.45) is 10.3 Å². The average Bonchev–Trinajstić information content (AvgIpc) is 1.87. The van der Waals surface area contributed by atoms with Gasteiger partial charge >= 0.3 is 0 Å². The van der Waals surface area contributed by atoms with E-state index < -0.39 is 11.2 Å². The van der Waals surface area contributed by atoms with Gasteiger partial charge in [0.2, 0.25) is 5.12 Å². The van der Waals surface area contributed by atoms with Crippen LogP contribution in [0.5, 0.6) is 0 Å². The molecule has 0 saturated heterocycles. The predicted molar refractivity (Wildman–Crippen MR) is 40.2 cm³/mol. The number of rotatable bonds is 3. The van der Waals surface area contributed by atoms with Crippen molar-refractivity contribution >= 4 is 29.7 Å². The number of nitroso groups, excluding NO2 is 1. The lowest BCUT2D eigenvalue weighted by Crippen LogP contribution is -2.29. The maximum absolute atomic E-state index is 10.5. The van der Waals surface area contributed by atoms with Gasteiger partial charge in [0.05, 0.1) is 18.0 Å². The van der Waals surface area contributed by atoms with Crippen molar-refractivity contribution in [1.82, 2.24) is 0 Å². The molecule has 52 valence electrons. The molecule has 0 saturated carbocycles. The molecule has 0 aliphatic carbocycles. The van der Waals surface area contributed by atoms with Crippen molar-refractivity contribution in [3.8, 4) is 0 Å². The van der Waals surface area contributed by atoms with Crippen LogP contribution in [0.4, 0.5) is 0 Å². The van der Waals surface area contributed by atoms with Crippen LogP contribution in [0.2, 0.25) is 0 Å². The van der Waals surface area contributed by atoms with Crippen LogP contribution in [0, 0.1) is 4.91 Å². The van der Waals surface area contributed by atoms with Gasteiger partial charge < -0.3 is 5.73 Å². The number of nitrogens with two attached hydrogens (primary N) is 1. The van der Waals surface area contributed by atoms with E-state index in [9.17, 15) is 9.70 Å². The first kappa shape index (κ1) is 8.93. The number of hydrogen-bond donors (Lipinski definition) is 2. The lowest BCUT2D eigenvalue weighted by molar-refractivity contribution is -0.111. The highest BCUT2D eigenvalue weighted by Crippen LogP contribution is 2.04. The van der Waals surface area contributed by atoms with Crippen molar-refractivity contribution in [3.63, 3.8) is 0 Å². The van der Waals surface area contributed by atoms with Crippen LogP contribution in [-0.4, -0.2) is 16.9 Å². The largest absolute Gasteiger partial charge is 0.320 e. The van der Waals surface area contributed by atoms with Gasteiger partial charge in [-0.2, -0.15) is 12.6 Å². The lowest BCUT2D eigenvalue weighted by atomic mass is 10.4. The van der Waals surface area contributed by atoms with Crippen molar-refractivity contribution in [2.75, 3.05) is 5.75 Å². The Morgan fingerprint density at radius 2 is 2.44 bits per heavy atom. The molecule has 4 nitrogen and oxygen atoms in total. The van der Waals surface area contributed by atoms with Crippen molar-refractivity contribution in [1.29, 1.82) is 0 Å². The summed E-state index contributed by atoms with van der Waals surface area (Å²) in [5.74, 6) is 0.237. The van der Waals surface area contributed by atoms with Gasteiger partial charge in [-0.15, -0.1) is 4.91 Å². The number of carbonyl (C=O) groups excluding carboxylic acids is 1. The van der Waals surface area contributed by atoms with Gasteiger partial charge in [0.15, 0.2) is 0 Å². The Kier molecular flexibility index (Phi) is 4.74. The zero-order valence-electron chi connectivity index (χ0n) is 4.48. The molecule has 0 aliphatic heterocycles. The first-order chi connectivity index (χ1) is 4.22. The van der Waals surface area contributed by atoms with Crippen LogP contribution in [0.15, 0.2) is 4.58 Å². The molecule has 0 aromatic rings. The summed E-state index contributed by atoms with van der Waals surface area (Å²) in [6.07, 6.45) is 0. The summed E-state index contributed by atoms with van der Waals surface area (Å²) >= 11 is 4.07. The zero-order valence-corrected chi connectivity index (χ0v) is 6.19. The molecule has 0 aliphatic rings. The third kappa shape index (κ3) is 3.50. The van der Waals surface area contributed by atoms with E-state index in [1.165, 1.54) is 0 Å². The molecule has 0 aromatic heterocycles. The molecular weight excluding hydrogens is 160 g/mol. The Labute approximate surface area is 62.1 Å². The molecule has 0 rings (SSSR count). The van der Waals surface area contributed by atoms with Crippen LogP contribution in [0.1, 0.15) is 0 Å². The summed E-state index contributed by atoms with van der Waals surface area (Å²) in [7, 11) is 0. The topological polar surface area (TPSA) is 72.5 Å². The maximum atomic E-state index is 10.5. The minimum absolute atomic E-state index is 0.237. The van der Waals surface area contributed by atoms with Crippen molar-refractivity contribution in [3.05, 3.63) is 4.91 Å². The van der Waals surface area contributed by atoms with Crippen molar-refractivity contribution in [2.45, 2.75) is 6.04 Å². The molecule has 0 aromatic carbocycles. The van der Waals surface area contributed by atoms with E-state index in [1.54, 1.807) is 0 Å². The molecule has 9 heavy (non-hydrogen) atoms. The van der Waals surface area contributed by atoms with E-state index in [0.29, 0.717) is 11.9 Å². The van der Waals surface area contributed by atoms with Gasteiger partial charge in [-0.05, 0) is 0 Å². The molecule has 0 bridgehead atoms. The van der Waals surface area contributed by atoms with E-state index in [4.69, 9.17) is 5.73 Å². The molecule has 0 spiro atoms. The standard InChI is InChI=1S/C3H6N2O2S2/c4-2(1-8)3(6)9-5-7/h2,8H,1,4H2/t2-/m0/s1. The third-order valence-corrected chi connectivity index (χ3v) is 1.58. The fraction of sp³-hybridized carbons (Fsp3) is 0.667. The fourth-order valence-electron chi connectivity index (χ4n) is 0.179. The Morgan fingerprint density at radius 3 is 2.78 bits per heavy atom. The maximum Gasteiger partial charge on any atom is 0.231 e. The molecular formula is C3H6N2O2S2. The number of hydrogen-bond acceptors (Lipinski definition) is 6. The summed E-state index contributed by atoms with van der Waals surface area (Å²) < 4.78 is 2.31. The van der Waals surface area contributed by atoms with Crippen molar-refractivity contribution < 1.29 is 4.79 Å². The first-order valence-corrected chi connectivity index (χ1v) is 3.53. The Bertz CT molecular complexity index is 118. The van der Waals surface area contributed by atoms with Crippen LogP contribution in [-0.2, 0) is 4.79 Å². The van der Waals surface area contributed by atoms with E-state index >= 15 is 0 Å². The Balaban J connectivity index is 3.58. The monoisotopic (exact) mass is 166 g/mol. The van der Waals surface area contributed by atoms with Crippen LogP contribution >= 0.6 is 24.6 Å². The minimum Gasteiger partial charge on any atom is -0.320 e. The normalized spacial score (nSPS) is 12.7. The first-order valence-electron chi connectivity index (χ1n) is 2.12. The number of nitrogens with zero attached hydrogens (tertiary/aromatic N) is 1. The average molecular weight is 166 g/mol. The second-order valence-corrected chi connectivity index (χ2v) is 2.37. The summed E-state index contributed by atoms with van der Waals surface area (Å²) in [4.78, 5) is 19.9. The van der Waals surface area contributed by atoms with E-state index in [1.807, 2.05) is 0 Å². The molecule has 0 heterocycles. The highest BCUT2D eigenvalue weighted by molar-refractivity contribution is 8.12. The summed E-state index contributed by atoms with van der Waals surface area (Å²) in [6, 6.07) is -0.684. The molecule has 1 atom stereocenters. The van der Waals surface area contributed by atoms with Gasteiger partial charge in [0, 0.05) is 10.3 Å². The van der Waals surface area contributed by atoms with E-state index in [-0.39, 0.29) is 5.75 Å². The summed E-state index contributed by atoms with van der Waals surface area (Å²) in [6.45, 7) is 0. The quantitative estimate of drug-likeness (QED) is 0.356. The van der Waals surface area contributed by atoms with Crippen LogP contribution in [0.25, 0.3) is 0 Å². The number of thiol groups is 1. The lowest BCUT2D eigenvalue weighted by Gasteiger charge is -1.99. The van der Waals surface area contributed by atoms with E-state index in [0.717, 1.165) is 0 Å². The molecule has 0 amide bonds. The van der Waals surface area contributed by atoms with Gasteiger partial charge in [0.1, 0.15) is 0 Å². The fourth-order valence-corrected chi connectivity index (χ4v) is 0.760.